The van der Waals surface area contributed by atoms with E-state index in [-0.39, 0.29) is 11.8 Å². The van der Waals surface area contributed by atoms with E-state index < -0.39 is 0 Å². The van der Waals surface area contributed by atoms with Crippen LogP contribution in [0.5, 0.6) is 0 Å². The first-order valence-electron chi connectivity index (χ1n) is 7.92. The zero-order valence-electron chi connectivity index (χ0n) is 12.6. The first-order valence-corrected chi connectivity index (χ1v) is 7.92. The minimum absolute atomic E-state index is 0.113. The van der Waals surface area contributed by atoms with Crippen LogP contribution >= 0.6 is 0 Å². The summed E-state index contributed by atoms with van der Waals surface area (Å²) in [5, 5.41) is 0. The van der Waals surface area contributed by atoms with Crippen LogP contribution in [-0.4, -0.2) is 72.3 Å². The highest BCUT2D eigenvalue weighted by atomic mass is 16.2. The summed E-state index contributed by atoms with van der Waals surface area (Å²) in [6, 6.07) is 0. The third kappa shape index (κ3) is 4.47. The van der Waals surface area contributed by atoms with Gasteiger partial charge in [-0.25, -0.2) is 0 Å². The summed E-state index contributed by atoms with van der Waals surface area (Å²) >= 11 is 0. The van der Waals surface area contributed by atoms with Gasteiger partial charge in [0.15, 0.2) is 0 Å². The van der Waals surface area contributed by atoms with Gasteiger partial charge < -0.3 is 14.7 Å². The van der Waals surface area contributed by atoms with E-state index in [0.717, 1.165) is 19.6 Å². The molecule has 0 saturated carbocycles. The molecule has 114 valence electrons. The van der Waals surface area contributed by atoms with Crippen molar-refractivity contribution in [3.05, 3.63) is 0 Å². The van der Waals surface area contributed by atoms with Crippen molar-refractivity contribution in [1.29, 1.82) is 0 Å². The molecule has 0 aromatic heterocycles. The Morgan fingerprint density at radius 1 is 0.800 bits per heavy atom. The summed E-state index contributed by atoms with van der Waals surface area (Å²) in [7, 11) is 0. The predicted molar refractivity (Wildman–Crippen MR) is 78.4 cm³/mol. The van der Waals surface area contributed by atoms with Gasteiger partial charge in [0.1, 0.15) is 0 Å². The molecule has 0 N–H and O–H groups in total. The zero-order chi connectivity index (χ0) is 14.4. The van der Waals surface area contributed by atoms with Crippen molar-refractivity contribution in [2.75, 3.05) is 45.8 Å². The lowest BCUT2D eigenvalue weighted by Crippen LogP contribution is -2.50. The third-order valence-electron chi connectivity index (χ3n) is 4.42. The van der Waals surface area contributed by atoms with Crippen molar-refractivity contribution in [2.24, 2.45) is 0 Å². The van der Waals surface area contributed by atoms with Crippen molar-refractivity contribution >= 4 is 11.8 Å². The molecule has 2 fully saturated rings. The smallest absolute Gasteiger partial charge is 0.223 e. The lowest BCUT2D eigenvalue weighted by atomic mass is 10.2. The number of carbonyl (C=O) groups excluding carboxylic acids is 2. The van der Waals surface area contributed by atoms with E-state index >= 15 is 0 Å². The molecular weight excluding hydrogens is 254 g/mol. The Morgan fingerprint density at radius 3 is 1.90 bits per heavy atom. The molecular formula is C15H27N3O2. The van der Waals surface area contributed by atoms with Crippen LogP contribution in [0.25, 0.3) is 0 Å². The van der Waals surface area contributed by atoms with Crippen LogP contribution < -0.4 is 0 Å². The molecule has 2 rings (SSSR count). The number of amides is 2. The van der Waals surface area contributed by atoms with Crippen LogP contribution in [0.4, 0.5) is 0 Å². The number of hydrogen-bond donors (Lipinski definition) is 0. The van der Waals surface area contributed by atoms with Gasteiger partial charge in [-0.15, -0.1) is 0 Å². The monoisotopic (exact) mass is 281 g/mol. The van der Waals surface area contributed by atoms with Crippen LogP contribution in [0.1, 0.15) is 39.0 Å². The summed E-state index contributed by atoms with van der Waals surface area (Å²) in [5.74, 6) is 0.360. The van der Waals surface area contributed by atoms with E-state index in [9.17, 15) is 9.59 Å². The first kappa shape index (κ1) is 15.3. The molecule has 0 aromatic rings. The second-order valence-electron chi connectivity index (χ2n) is 5.89. The van der Waals surface area contributed by atoms with Gasteiger partial charge >= 0.3 is 0 Å². The van der Waals surface area contributed by atoms with Crippen LogP contribution in [0.15, 0.2) is 0 Å². The Balaban J connectivity index is 1.68. The number of carbonyl (C=O) groups is 2. The maximum absolute atomic E-state index is 12.2. The highest BCUT2D eigenvalue weighted by Gasteiger charge is 2.22. The summed E-state index contributed by atoms with van der Waals surface area (Å²) in [5.41, 5.74) is 0. The fourth-order valence-electron chi connectivity index (χ4n) is 3.04. The molecule has 2 saturated heterocycles. The topological polar surface area (TPSA) is 43.9 Å². The lowest BCUT2D eigenvalue weighted by molar-refractivity contribution is -0.138. The number of hydrogen-bond acceptors (Lipinski definition) is 3. The van der Waals surface area contributed by atoms with Crippen LogP contribution in [0, 0.1) is 0 Å². The molecule has 0 atom stereocenters. The number of rotatable bonds is 3. The second kappa shape index (κ2) is 7.62. The minimum Gasteiger partial charge on any atom is -0.339 e. The Morgan fingerprint density at radius 2 is 1.35 bits per heavy atom. The molecule has 5 nitrogen and oxygen atoms in total. The van der Waals surface area contributed by atoms with Gasteiger partial charge in [0, 0.05) is 46.1 Å². The SMILES string of the molecule is CC(=O)N1CCN(C(=O)CCN2CCCCCC2)CC1. The second-order valence-corrected chi connectivity index (χ2v) is 5.89. The molecule has 0 spiro atoms. The summed E-state index contributed by atoms with van der Waals surface area (Å²) in [4.78, 5) is 29.6. The third-order valence-corrected chi connectivity index (χ3v) is 4.42. The molecule has 5 heteroatoms. The van der Waals surface area contributed by atoms with E-state index in [1.165, 1.54) is 25.7 Å². The average molecular weight is 281 g/mol. The van der Waals surface area contributed by atoms with E-state index in [0.29, 0.717) is 32.6 Å². The lowest BCUT2D eigenvalue weighted by Gasteiger charge is -2.34. The normalized spacial score (nSPS) is 21.6. The Hall–Kier alpha value is -1.10. The van der Waals surface area contributed by atoms with Gasteiger partial charge in [-0.05, 0) is 25.9 Å². The molecule has 2 aliphatic rings. The van der Waals surface area contributed by atoms with Gasteiger partial charge in [-0.3, -0.25) is 9.59 Å². The largest absolute Gasteiger partial charge is 0.339 e. The molecule has 2 amide bonds. The molecule has 2 heterocycles. The van der Waals surface area contributed by atoms with Crippen molar-refractivity contribution in [1.82, 2.24) is 14.7 Å². The fourth-order valence-corrected chi connectivity index (χ4v) is 3.04. The Labute approximate surface area is 121 Å². The van der Waals surface area contributed by atoms with E-state index in [4.69, 9.17) is 0 Å². The van der Waals surface area contributed by atoms with Gasteiger partial charge in [0.25, 0.3) is 0 Å². The minimum atomic E-state index is 0.113. The molecule has 0 aliphatic carbocycles. The van der Waals surface area contributed by atoms with Crippen molar-refractivity contribution in [2.45, 2.75) is 39.0 Å². The van der Waals surface area contributed by atoms with Crippen molar-refractivity contribution in [3.8, 4) is 0 Å². The van der Waals surface area contributed by atoms with E-state index in [2.05, 4.69) is 4.90 Å². The van der Waals surface area contributed by atoms with Gasteiger partial charge in [0.05, 0.1) is 0 Å². The molecule has 0 aromatic carbocycles. The molecule has 0 unspecified atom stereocenters. The maximum atomic E-state index is 12.2. The molecule has 20 heavy (non-hydrogen) atoms. The average Bonchev–Trinajstić information content (AvgIpc) is 2.73. The predicted octanol–water partition coefficient (Wildman–Crippen LogP) is 0.943. The van der Waals surface area contributed by atoms with Crippen LogP contribution in [0.3, 0.4) is 0 Å². The van der Waals surface area contributed by atoms with Gasteiger partial charge in [0.2, 0.25) is 11.8 Å². The number of piperazine rings is 1. The zero-order valence-corrected chi connectivity index (χ0v) is 12.6. The number of likely N-dealkylation sites (tertiary alicyclic amines) is 1. The molecule has 0 bridgehead atoms. The quantitative estimate of drug-likeness (QED) is 0.773. The maximum Gasteiger partial charge on any atom is 0.223 e. The highest BCUT2D eigenvalue weighted by Crippen LogP contribution is 2.11. The van der Waals surface area contributed by atoms with Crippen LogP contribution in [0.2, 0.25) is 0 Å². The molecule has 0 radical (unpaired) electrons. The van der Waals surface area contributed by atoms with Crippen molar-refractivity contribution < 1.29 is 9.59 Å². The Bertz CT molecular complexity index is 330. The first-order chi connectivity index (χ1) is 9.66. The standard InChI is InChI=1S/C15H27N3O2/c1-14(19)17-10-12-18(13-11-17)15(20)6-9-16-7-4-2-3-5-8-16/h2-13H2,1H3. The summed E-state index contributed by atoms with van der Waals surface area (Å²) < 4.78 is 0. The molecule has 2 aliphatic heterocycles. The van der Waals surface area contributed by atoms with Crippen LogP contribution in [-0.2, 0) is 9.59 Å². The number of nitrogens with zero attached hydrogens (tertiary/aromatic N) is 3. The fraction of sp³-hybridized carbons (Fsp3) is 0.867. The highest BCUT2D eigenvalue weighted by molar-refractivity contribution is 5.77. The van der Waals surface area contributed by atoms with E-state index in [1.54, 1.807) is 6.92 Å². The van der Waals surface area contributed by atoms with Crippen molar-refractivity contribution in [3.63, 3.8) is 0 Å². The Kier molecular flexibility index (Phi) is 5.83. The summed E-state index contributed by atoms with van der Waals surface area (Å²) in [6.07, 6.45) is 5.83. The van der Waals surface area contributed by atoms with E-state index in [1.807, 2.05) is 9.80 Å². The van der Waals surface area contributed by atoms with Gasteiger partial charge in [-0.2, -0.15) is 0 Å². The summed E-state index contributed by atoms with van der Waals surface area (Å²) in [6.45, 7) is 7.53. The van der Waals surface area contributed by atoms with Gasteiger partial charge in [-0.1, -0.05) is 12.8 Å².